The highest BCUT2D eigenvalue weighted by molar-refractivity contribution is 8.00. The lowest BCUT2D eigenvalue weighted by molar-refractivity contribution is 0.199. The van der Waals surface area contributed by atoms with Gasteiger partial charge in [-0.25, -0.2) is 0 Å². The molecule has 1 aromatic carbocycles. The zero-order valence-electron chi connectivity index (χ0n) is 10.4. The number of hydrogen-bond donors (Lipinski definition) is 1. The Labute approximate surface area is 117 Å². The molecule has 0 bridgehead atoms. The van der Waals surface area contributed by atoms with E-state index >= 15 is 0 Å². The first-order valence-corrected chi connectivity index (χ1v) is 7.86. The van der Waals surface area contributed by atoms with E-state index in [0.29, 0.717) is 5.25 Å². The Balaban J connectivity index is 1.90. The van der Waals surface area contributed by atoms with Gasteiger partial charge in [0.1, 0.15) is 0 Å². The highest BCUT2D eigenvalue weighted by Gasteiger charge is 2.22. The van der Waals surface area contributed by atoms with E-state index in [1.807, 2.05) is 11.8 Å². The fourth-order valence-corrected chi connectivity index (χ4v) is 4.19. The maximum atomic E-state index is 6.41. The van der Waals surface area contributed by atoms with Gasteiger partial charge in [0.05, 0.1) is 11.6 Å². The summed E-state index contributed by atoms with van der Waals surface area (Å²) in [6.07, 6.45) is 3.34. The summed E-state index contributed by atoms with van der Waals surface area (Å²) in [6, 6.07) is 4.25. The molecular weight excluding hydrogens is 266 g/mol. The first-order valence-electron chi connectivity index (χ1n) is 6.60. The van der Waals surface area contributed by atoms with E-state index in [9.17, 15) is 0 Å². The Morgan fingerprint density at radius 1 is 1.28 bits per heavy atom. The summed E-state index contributed by atoms with van der Waals surface area (Å²) in [5, 5.41) is 4.94. The molecule has 2 aliphatic heterocycles. The van der Waals surface area contributed by atoms with Crippen LogP contribution in [0, 0.1) is 0 Å². The van der Waals surface area contributed by atoms with Gasteiger partial charge in [-0.05, 0) is 49.5 Å². The van der Waals surface area contributed by atoms with Crippen molar-refractivity contribution in [1.82, 2.24) is 5.32 Å². The minimum absolute atomic E-state index is 0.574. The normalized spacial score (nSPS) is 23.7. The van der Waals surface area contributed by atoms with E-state index in [1.54, 1.807) is 0 Å². The van der Waals surface area contributed by atoms with Crippen LogP contribution in [-0.4, -0.2) is 31.6 Å². The molecule has 0 amide bonds. The maximum absolute atomic E-state index is 6.41. The summed E-state index contributed by atoms with van der Waals surface area (Å²) in [5.74, 6) is 0. The van der Waals surface area contributed by atoms with E-state index in [1.165, 1.54) is 16.0 Å². The zero-order chi connectivity index (χ0) is 12.4. The Hall–Kier alpha value is -0.220. The van der Waals surface area contributed by atoms with Crippen molar-refractivity contribution in [2.75, 3.05) is 26.3 Å². The molecule has 0 aliphatic carbocycles. The highest BCUT2D eigenvalue weighted by Crippen LogP contribution is 2.38. The molecule has 1 N–H and O–H groups in total. The molecule has 4 heteroatoms. The van der Waals surface area contributed by atoms with Crippen molar-refractivity contribution in [2.45, 2.75) is 29.4 Å². The second kappa shape index (κ2) is 5.83. The predicted molar refractivity (Wildman–Crippen MR) is 76.8 cm³/mol. The molecule has 2 aliphatic rings. The zero-order valence-corrected chi connectivity index (χ0v) is 11.9. The SMILES string of the molecule is Clc1ccc2c(c1SC1CCOC1)CCNCC2. The third kappa shape index (κ3) is 2.69. The summed E-state index contributed by atoms with van der Waals surface area (Å²) < 4.78 is 5.46. The number of rotatable bonds is 2. The molecule has 1 atom stereocenters. The van der Waals surface area contributed by atoms with Crippen LogP contribution < -0.4 is 5.32 Å². The third-order valence-corrected chi connectivity index (χ3v) is 5.44. The van der Waals surface area contributed by atoms with Crippen molar-refractivity contribution in [1.29, 1.82) is 0 Å². The Morgan fingerprint density at radius 3 is 3.00 bits per heavy atom. The van der Waals surface area contributed by atoms with Crippen molar-refractivity contribution in [3.05, 3.63) is 28.3 Å². The molecule has 0 radical (unpaired) electrons. The smallest absolute Gasteiger partial charge is 0.0589 e. The van der Waals surface area contributed by atoms with E-state index in [4.69, 9.17) is 16.3 Å². The first kappa shape index (κ1) is 12.8. The number of ether oxygens (including phenoxy) is 1. The molecule has 2 nitrogen and oxygen atoms in total. The molecule has 2 heterocycles. The summed E-state index contributed by atoms with van der Waals surface area (Å²) in [4.78, 5) is 1.30. The summed E-state index contributed by atoms with van der Waals surface area (Å²) in [5.41, 5.74) is 2.93. The van der Waals surface area contributed by atoms with Crippen molar-refractivity contribution in [3.63, 3.8) is 0 Å². The number of benzene rings is 1. The lowest BCUT2D eigenvalue weighted by Gasteiger charge is -2.16. The van der Waals surface area contributed by atoms with Crippen LogP contribution in [0.4, 0.5) is 0 Å². The highest BCUT2D eigenvalue weighted by atomic mass is 35.5. The Kier molecular flexibility index (Phi) is 4.14. The van der Waals surface area contributed by atoms with Gasteiger partial charge in [-0.3, -0.25) is 0 Å². The molecule has 0 saturated carbocycles. The summed E-state index contributed by atoms with van der Waals surface area (Å²) >= 11 is 8.33. The van der Waals surface area contributed by atoms with Crippen LogP contribution in [0.15, 0.2) is 17.0 Å². The second-order valence-corrected chi connectivity index (χ2v) is 6.59. The van der Waals surface area contributed by atoms with Gasteiger partial charge in [0, 0.05) is 16.8 Å². The first-order chi connectivity index (χ1) is 8.84. The third-order valence-electron chi connectivity index (χ3n) is 3.60. The van der Waals surface area contributed by atoms with Crippen molar-refractivity contribution >= 4 is 23.4 Å². The van der Waals surface area contributed by atoms with Gasteiger partial charge in [-0.1, -0.05) is 17.7 Å². The van der Waals surface area contributed by atoms with Crippen LogP contribution in [0.5, 0.6) is 0 Å². The van der Waals surface area contributed by atoms with Crippen molar-refractivity contribution in [2.24, 2.45) is 0 Å². The van der Waals surface area contributed by atoms with E-state index in [0.717, 1.165) is 50.6 Å². The van der Waals surface area contributed by atoms with Crippen LogP contribution >= 0.6 is 23.4 Å². The fraction of sp³-hybridized carbons (Fsp3) is 0.571. The van der Waals surface area contributed by atoms with Gasteiger partial charge in [0.25, 0.3) is 0 Å². The van der Waals surface area contributed by atoms with Gasteiger partial charge >= 0.3 is 0 Å². The number of halogens is 1. The van der Waals surface area contributed by atoms with Gasteiger partial charge in [-0.15, -0.1) is 11.8 Å². The average Bonchev–Trinajstić information content (AvgIpc) is 2.76. The van der Waals surface area contributed by atoms with Gasteiger partial charge in [0.2, 0.25) is 0 Å². The predicted octanol–water partition coefficient (Wildman–Crippen LogP) is 2.91. The van der Waals surface area contributed by atoms with Crippen molar-refractivity contribution < 1.29 is 4.74 Å². The molecule has 1 aromatic rings. The van der Waals surface area contributed by atoms with Gasteiger partial charge in [-0.2, -0.15) is 0 Å². The summed E-state index contributed by atoms with van der Waals surface area (Å²) in [6.45, 7) is 3.89. The fourth-order valence-electron chi connectivity index (χ4n) is 2.61. The van der Waals surface area contributed by atoms with E-state index in [2.05, 4.69) is 17.4 Å². The molecule has 0 aromatic heterocycles. The molecule has 0 spiro atoms. The number of hydrogen-bond acceptors (Lipinski definition) is 3. The monoisotopic (exact) mass is 283 g/mol. The Morgan fingerprint density at radius 2 is 2.17 bits per heavy atom. The largest absolute Gasteiger partial charge is 0.380 e. The van der Waals surface area contributed by atoms with E-state index < -0.39 is 0 Å². The molecule has 98 valence electrons. The standard InChI is InChI=1S/C14H18ClNOS/c15-13-2-1-10-3-6-16-7-4-12(10)14(13)18-11-5-8-17-9-11/h1-2,11,16H,3-9H2. The molecular formula is C14H18ClNOS. The lowest BCUT2D eigenvalue weighted by atomic mass is 10.0. The number of nitrogens with one attached hydrogen (secondary N) is 1. The molecule has 1 fully saturated rings. The van der Waals surface area contributed by atoms with Crippen LogP contribution in [0.1, 0.15) is 17.5 Å². The molecule has 1 unspecified atom stereocenters. The van der Waals surface area contributed by atoms with E-state index in [-0.39, 0.29) is 0 Å². The molecule has 3 rings (SSSR count). The Bertz CT molecular complexity index is 432. The topological polar surface area (TPSA) is 21.3 Å². The maximum Gasteiger partial charge on any atom is 0.0589 e. The average molecular weight is 284 g/mol. The van der Waals surface area contributed by atoms with Crippen LogP contribution in [0.25, 0.3) is 0 Å². The summed E-state index contributed by atoms with van der Waals surface area (Å²) in [7, 11) is 0. The quantitative estimate of drug-likeness (QED) is 0.902. The van der Waals surface area contributed by atoms with Gasteiger partial charge in [0.15, 0.2) is 0 Å². The van der Waals surface area contributed by atoms with Crippen molar-refractivity contribution in [3.8, 4) is 0 Å². The molecule has 1 saturated heterocycles. The number of fused-ring (bicyclic) bond motifs is 1. The van der Waals surface area contributed by atoms with Gasteiger partial charge < -0.3 is 10.1 Å². The van der Waals surface area contributed by atoms with Crippen LogP contribution in [-0.2, 0) is 17.6 Å². The molecule has 18 heavy (non-hydrogen) atoms. The van der Waals surface area contributed by atoms with Crippen LogP contribution in [0.2, 0.25) is 5.02 Å². The lowest BCUT2D eigenvalue weighted by Crippen LogP contribution is -2.16. The minimum Gasteiger partial charge on any atom is -0.380 e. The number of thioether (sulfide) groups is 1. The second-order valence-electron chi connectivity index (χ2n) is 4.87. The van der Waals surface area contributed by atoms with Crippen LogP contribution in [0.3, 0.4) is 0 Å². The minimum atomic E-state index is 0.574.